The fourth-order valence-electron chi connectivity index (χ4n) is 3.88. The fourth-order valence-corrected chi connectivity index (χ4v) is 3.88. The van der Waals surface area contributed by atoms with Crippen LogP contribution in [0.4, 0.5) is 5.69 Å². The van der Waals surface area contributed by atoms with Gasteiger partial charge >= 0.3 is 5.97 Å². The zero-order chi connectivity index (χ0) is 30.8. The summed E-state index contributed by atoms with van der Waals surface area (Å²) in [6, 6.07) is 17.3. The van der Waals surface area contributed by atoms with Crippen molar-refractivity contribution in [3.63, 3.8) is 0 Å². The van der Waals surface area contributed by atoms with Crippen molar-refractivity contribution in [1.82, 2.24) is 5.43 Å². The van der Waals surface area contributed by atoms with E-state index in [1.165, 1.54) is 58.1 Å². The van der Waals surface area contributed by atoms with Crippen LogP contribution in [0.2, 0.25) is 0 Å². The molecule has 0 spiro atoms. The molecular formula is C31H29N3O9. The number of nitrogens with one attached hydrogen (secondary N) is 2. The number of hydrogen-bond donors (Lipinski definition) is 2. The van der Waals surface area contributed by atoms with E-state index in [2.05, 4.69) is 15.8 Å². The molecule has 0 fully saturated rings. The maximum Gasteiger partial charge on any atom is 0.343 e. The van der Waals surface area contributed by atoms with Crippen LogP contribution in [0.1, 0.15) is 43.8 Å². The van der Waals surface area contributed by atoms with E-state index >= 15 is 0 Å². The van der Waals surface area contributed by atoms with E-state index in [4.69, 9.17) is 28.1 Å². The van der Waals surface area contributed by atoms with Crippen LogP contribution in [0, 0.1) is 0 Å². The van der Waals surface area contributed by atoms with Crippen LogP contribution in [0.3, 0.4) is 0 Å². The van der Waals surface area contributed by atoms with Gasteiger partial charge in [-0.15, -0.1) is 0 Å². The molecule has 0 atom stereocenters. The van der Waals surface area contributed by atoms with Crippen LogP contribution in [-0.2, 0) is 0 Å². The largest absolute Gasteiger partial charge is 0.493 e. The zero-order valence-electron chi connectivity index (χ0n) is 23.8. The van der Waals surface area contributed by atoms with Crippen molar-refractivity contribution in [3.8, 4) is 28.7 Å². The van der Waals surface area contributed by atoms with Crippen molar-refractivity contribution in [2.24, 2.45) is 5.10 Å². The quantitative estimate of drug-likeness (QED) is 0.102. The van der Waals surface area contributed by atoms with E-state index < -0.39 is 17.8 Å². The smallest absolute Gasteiger partial charge is 0.343 e. The highest BCUT2D eigenvalue weighted by Crippen LogP contribution is 2.39. The van der Waals surface area contributed by atoms with Crippen LogP contribution in [0.5, 0.6) is 28.7 Å². The van der Waals surface area contributed by atoms with Gasteiger partial charge in [-0.1, -0.05) is 6.07 Å². The molecular weight excluding hydrogens is 558 g/mol. The van der Waals surface area contributed by atoms with Crippen LogP contribution >= 0.6 is 0 Å². The molecule has 0 saturated heterocycles. The lowest BCUT2D eigenvalue weighted by molar-refractivity contribution is 0.0727. The molecule has 2 amide bonds. The Hall–Kier alpha value is -5.78. The predicted molar refractivity (Wildman–Crippen MR) is 157 cm³/mol. The van der Waals surface area contributed by atoms with Crippen molar-refractivity contribution < 1.29 is 42.5 Å². The molecule has 3 aromatic carbocycles. The van der Waals surface area contributed by atoms with Gasteiger partial charge in [-0.2, -0.15) is 5.10 Å². The summed E-state index contributed by atoms with van der Waals surface area (Å²) in [6.07, 6.45) is 2.81. The highest BCUT2D eigenvalue weighted by molar-refractivity contribution is 6.03. The van der Waals surface area contributed by atoms with Gasteiger partial charge < -0.3 is 33.4 Å². The number of ether oxygens (including phenoxy) is 5. The van der Waals surface area contributed by atoms with Gasteiger partial charge in [0, 0.05) is 11.3 Å². The number of benzene rings is 3. The first-order valence-electron chi connectivity index (χ1n) is 12.9. The summed E-state index contributed by atoms with van der Waals surface area (Å²) in [6.45, 7) is 2.09. The number of hydrazone groups is 1. The molecule has 1 heterocycles. The molecule has 0 aliphatic carbocycles. The Balaban J connectivity index is 1.43. The predicted octanol–water partition coefficient (Wildman–Crippen LogP) is 4.94. The van der Waals surface area contributed by atoms with Crippen LogP contribution in [0.25, 0.3) is 0 Å². The van der Waals surface area contributed by atoms with Gasteiger partial charge in [-0.3, -0.25) is 9.59 Å². The summed E-state index contributed by atoms with van der Waals surface area (Å²) in [5.41, 5.74) is 3.88. The molecule has 43 heavy (non-hydrogen) atoms. The Bertz CT molecular complexity index is 1610. The van der Waals surface area contributed by atoms with E-state index in [-0.39, 0.29) is 22.6 Å². The van der Waals surface area contributed by atoms with E-state index in [9.17, 15) is 14.4 Å². The minimum atomic E-state index is -0.670. The SMILES string of the molecule is CCOc1cc(C=NNC(=O)c2cccc(NC(=O)c3ccco3)c2)ccc1OC(=O)c1cc(OC)c(OC)c(OC)c1. The maximum absolute atomic E-state index is 13.0. The number of carbonyl (C=O) groups excluding carboxylic acids is 3. The summed E-state index contributed by atoms with van der Waals surface area (Å²) < 4.78 is 32.3. The molecule has 222 valence electrons. The van der Waals surface area contributed by atoms with Crippen molar-refractivity contribution >= 4 is 29.7 Å². The number of rotatable bonds is 12. The number of anilines is 1. The normalized spacial score (nSPS) is 10.6. The Morgan fingerprint density at radius 3 is 2.23 bits per heavy atom. The summed E-state index contributed by atoms with van der Waals surface area (Å²) in [5, 5.41) is 6.68. The second kappa shape index (κ2) is 14.2. The van der Waals surface area contributed by atoms with Gasteiger partial charge in [-0.25, -0.2) is 10.2 Å². The molecule has 0 radical (unpaired) electrons. The standard InChI is InChI=1S/C31H29N3O9/c1-5-41-25-14-19(11-12-23(25)43-31(37)21-16-26(38-2)28(40-4)27(17-21)39-3)18-32-34-29(35)20-8-6-9-22(15-20)33-30(36)24-10-7-13-42-24/h6-18H,5H2,1-4H3,(H,33,36)(H,34,35). The fraction of sp³-hybridized carbons (Fsp3) is 0.161. The molecule has 0 aliphatic heterocycles. The van der Waals surface area contributed by atoms with Crippen LogP contribution < -0.4 is 34.4 Å². The number of hydrogen-bond acceptors (Lipinski definition) is 10. The molecule has 0 bridgehead atoms. The number of nitrogens with zero attached hydrogens (tertiary/aromatic N) is 1. The topological polar surface area (TPSA) is 147 Å². The van der Waals surface area contributed by atoms with Gasteiger partial charge in [0.25, 0.3) is 11.8 Å². The third kappa shape index (κ3) is 7.50. The van der Waals surface area contributed by atoms with Gasteiger partial charge in [0.05, 0.1) is 46.0 Å². The first-order chi connectivity index (χ1) is 20.9. The van der Waals surface area contributed by atoms with Crippen LogP contribution in [0.15, 0.2) is 82.5 Å². The first-order valence-corrected chi connectivity index (χ1v) is 12.9. The van der Waals surface area contributed by atoms with Gasteiger partial charge in [0.1, 0.15) is 0 Å². The van der Waals surface area contributed by atoms with Crippen molar-refractivity contribution in [2.75, 3.05) is 33.3 Å². The number of carbonyl (C=O) groups is 3. The molecule has 2 N–H and O–H groups in total. The third-order valence-corrected chi connectivity index (χ3v) is 5.88. The van der Waals surface area contributed by atoms with E-state index in [0.717, 1.165) is 0 Å². The number of methoxy groups -OCH3 is 3. The summed E-state index contributed by atoms with van der Waals surface area (Å²) in [5.74, 6) is -0.0416. The molecule has 0 aliphatic rings. The number of amides is 2. The van der Waals surface area contributed by atoms with Crippen molar-refractivity contribution in [1.29, 1.82) is 0 Å². The second-order valence-electron chi connectivity index (χ2n) is 8.65. The maximum atomic E-state index is 13.0. The minimum Gasteiger partial charge on any atom is -0.493 e. The molecule has 4 aromatic rings. The summed E-state index contributed by atoms with van der Waals surface area (Å²) >= 11 is 0. The van der Waals surface area contributed by atoms with E-state index in [0.29, 0.717) is 40.9 Å². The van der Waals surface area contributed by atoms with E-state index in [1.54, 1.807) is 49.4 Å². The highest BCUT2D eigenvalue weighted by atomic mass is 16.6. The van der Waals surface area contributed by atoms with Crippen molar-refractivity contribution in [2.45, 2.75) is 6.92 Å². The number of furan rings is 1. The minimum absolute atomic E-state index is 0.146. The second-order valence-corrected chi connectivity index (χ2v) is 8.65. The number of esters is 1. The zero-order valence-corrected chi connectivity index (χ0v) is 23.8. The molecule has 0 saturated carbocycles. The van der Waals surface area contributed by atoms with Crippen LogP contribution in [-0.4, -0.2) is 51.9 Å². The van der Waals surface area contributed by atoms with E-state index in [1.807, 2.05) is 0 Å². The van der Waals surface area contributed by atoms with Gasteiger partial charge in [-0.05, 0) is 73.2 Å². The van der Waals surface area contributed by atoms with Gasteiger partial charge in [0.15, 0.2) is 28.8 Å². The summed E-state index contributed by atoms with van der Waals surface area (Å²) in [4.78, 5) is 37.8. The lowest BCUT2D eigenvalue weighted by Crippen LogP contribution is -2.18. The summed E-state index contributed by atoms with van der Waals surface area (Å²) in [7, 11) is 4.36. The molecule has 4 rings (SSSR count). The third-order valence-electron chi connectivity index (χ3n) is 5.88. The molecule has 12 nitrogen and oxygen atoms in total. The Labute approximate surface area is 247 Å². The molecule has 0 unspecified atom stereocenters. The molecule has 12 heteroatoms. The molecule has 1 aromatic heterocycles. The Kier molecular flexibility index (Phi) is 9.98. The monoisotopic (exact) mass is 587 g/mol. The Morgan fingerprint density at radius 2 is 1.58 bits per heavy atom. The lowest BCUT2D eigenvalue weighted by atomic mass is 10.1. The average molecular weight is 588 g/mol. The first kappa shape index (κ1) is 30.2. The lowest BCUT2D eigenvalue weighted by Gasteiger charge is -2.15. The van der Waals surface area contributed by atoms with Crippen molar-refractivity contribution in [3.05, 3.63) is 95.4 Å². The Morgan fingerprint density at radius 1 is 0.814 bits per heavy atom. The van der Waals surface area contributed by atoms with Gasteiger partial charge in [0.2, 0.25) is 5.75 Å². The average Bonchev–Trinajstić information content (AvgIpc) is 3.57. The highest BCUT2D eigenvalue weighted by Gasteiger charge is 2.20.